The third-order valence-electron chi connectivity index (χ3n) is 2.66. The number of para-hydroxylation sites is 1. The molecule has 110 valence electrons. The van der Waals surface area contributed by atoms with Crippen molar-refractivity contribution >= 4 is 11.6 Å². The van der Waals surface area contributed by atoms with Crippen LogP contribution in [0.4, 0.5) is 27.6 Å². The van der Waals surface area contributed by atoms with Crippen molar-refractivity contribution in [3.05, 3.63) is 65.2 Å². The van der Waals surface area contributed by atoms with Gasteiger partial charge in [0.15, 0.2) is 11.6 Å². The second-order valence-corrected chi connectivity index (χ2v) is 4.13. The average molecular weight is 301 g/mol. The number of carbonyl (C=O) groups excluding carboxylic acids is 1. The Bertz CT molecular complexity index is 681. The predicted molar refractivity (Wildman–Crippen MR) is 65.8 cm³/mol. The van der Waals surface area contributed by atoms with Crippen LogP contribution in [-0.2, 0) is 6.18 Å². The Labute approximate surface area is 116 Å². The maximum absolute atomic E-state index is 13.0. The number of benzene rings is 2. The van der Waals surface area contributed by atoms with E-state index in [1.165, 1.54) is 12.1 Å². The van der Waals surface area contributed by atoms with Gasteiger partial charge in [0.25, 0.3) is 5.91 Å². The summed E-state index contributed by atoms with van der Waals surface area (Å²) >= 11 is 0. The minimum Gasteiger partial charge on any atom is -0.321 e. The Kier molecular flexibility index (Phi) is 3.93. The molecule has 0 atom stereocenters. The van der Waals surface area contributed by atoms with Crippen LogP contribution in [0.25, 0.3) is 0 Å². The van der Waals surface area contributed by atoms with Gasteiger partial charge in [-0.3, -0.25) is 4.79 Å². The number of rotatable bonds is 2. The second kappa shape index (κ2) is 5.51. The number of hydrogen-bond acceptors (Lipinski definition) is 1. The van der Waals surface area contributed by atoms with Gasteiger partial charge in [-0.15, -0.1) is 0 Å². The maximum Gasteiger partial charge on any atom is 0.418 e. The van der Waals surface area contributed by atoms with Crippen LogP contribution in [0.1, 0.15) is 15.9 Å². The topological polar surface area (TPSA) is 29.1 Å². The van der Waals surface area contributed by atoms with Crippen LogP contribution in [0.15, 0.2) is 42.5 Å². The lowest BCUT2D eigenvalue weighted by Crippen LogP contribution is -2.16. The summed E-state index contributed by atoms with van der Waals surface area (Å²) in [6, 6.07) is 6.68. The monoisotopic (exact) mass is 301 g/mol. The van der Waals surface area contributed by atoms with Gasteiger partial charge in [-0.2, -0.15) is 13.2 Å². The molecule has 0 saturated carbocycles. The summed E-state index contributed by atoms with van der Waals surface area (Å²) in [5, 5.41) is 2.03. The molecule has 0 bridgehead atoms. The van der Waals surface area contributed by atoms with E-state index in [9.17, 15) is 26.7 Å². The molecule has 2 rings (SSSR count). The molecule has 0 aliphatic rings. The van der Waals surface area contributed by atoms with Crippen molar-refractivity contribution in [2.45, 2.75) is 6.18 Å². The number of alkyl halides is 3. The molecule has 2 aromatic rings. The Morgan fingerprint density at radius 1 is 0.952 bits per heavy atom. The van der Waals surface area contributed by atoms with Crippen molar-refractivity contribution in [2.75, 3.05) is 5.32 Å². The van der Waals surface area contributed by atoms with Gasteiger partial charge >= 0.3 is 6.18 Å². The van der Waals surface area contributed by atoms with E-state index in [1.807, 2.05) is 5.32 Å². The number of halogens is 5. The van der Waals surface area contributed by atoms with Gasteiger partial charge < -0.3 is 5.32 Å². The van der Waals surface area contributed by atoms with Crippen molar-refractivity contribution < 1.29 is 26.7 Å². The predicted octanol–water partition coefficient (Wildman–Crippen LogP) is 4.24. The summed E-state index contributed by atoms with van der Waals surface area (Å²) in [6.45, 7) is 0. The minimum atomic E-state index is -4.64. The quantitative estimate of drug-likeness (QED) is 0.826. The third-order valence-corrected chi connectivity index (χ3v) is 2.66. The second-order valence-electron chi connectivity index (χ2n) is 4.13. The highest BCUT2D eigenvalue weighted by atomic mass is 19.4. The first kappa shape index (κ1) is 15.0. The molecule has 0 aromatic heterocycles. The number of amides is 1. The van der Waals surface area contributed by atoms with Crippen molar-refractivity contribution in [3.63, 3.8) is 0 Å². The van der Waals surface area contributed by atoms with Gasteiger partial charge in [-0.1, -0.05) is 12.1 Å². The van der Waals surface area contributed by atoms with E-state index >= 15 is 0 Å². The Balaban J connectivity index is 2.30. The summed E-state index contributed by atoms with van der Waals surface area (Å²) in [6.07, 6.45) is -4.64. The molecule has 0 saturated heterocycles. The van der Waals surface area contributed by atoms with E-state index < -0.39 is 35.0 Å². The molecule has 0 aliphatic heterocycles. The lowest BCUT2D eigenvalue weighted by molar-refractivity contribution is -0.136. The van der Waals surface area contributed by atoms with Gasteiger partial charge in [0, 0.05) is 5.56 Å². The molecular formula is C14H8F5NO. The fourth-order valence-corrected chi connectivity index (χ4v) is 1.67. The largest absolute Gasteiger partial charge is 0.418 e. The Morgan fingerprint density at radius 3 is 2.24 bits per heavy atom. The number of anilines is 1. The van der Waals surface area contributed by atoms with Crippen LogP contribution in [-0.4, -0.2) is 5.91 Å². The summed E-state index contributed by atoms with van der Waals surface area (Å²) in [4.78, 5) is 11.8. The van der Waals surface area contributed by atoms with Gasteiger partial charge in [0.1, 0.15) is 0 Å². The van der Waals surface area contributed by atoms with E-state index in [4.69, 9.17) is 0 Å². The van der Waals surface area contributed by atoms with Gasteiger partial charge in [0.2, 0.25) is 0 Å². The molecule has 2 aromatic carbocycles. The highest BCUT2D eigenvalue weighted by Crippen LogP contribution is 2.34. The first-order valence-electron chi connectivity index (χ1n) is 5.71. The fraction of sp³-hybridized carbons (Fsp3) is 0.0714. The molecule has 1 N–H and O–H groups in total. The zero-order valence-electron chi connectivity index (χ0n) is 10.3. The van der Waals surface area contributed by atoms with Crippen molar-refractivity contribution in [1.82, 2.24) is 0 Å². The molecule has 2 nitrogen and oxygen atoms in total. The lowest BCUT2D eigenvalue weighted by atomic mass is 10.1. The Morgan fingerprint density at radius 2 is 1.62 bits per heavy atom. The molecule has 0 unspecified atom stereocenters. The SMILES string of the molecule is O=C(Nc1ccccc1C(F)(F)F)c1ccc(F)c(F)c1. The lowest BCUT2D eigenvalue weighted by Gasteiger charge is -2.13. The van der Waals surface area contributed by atoms with Crippen LogP contribution in [0.2, 0.25) is 0 Å². The first-order valence-corrected chi connectivity index (χ1v) is 5.71. The van der Waals surface area contributed by atoms with E-state index in [0.29, 0.717) is 6.07 Å². The Hall–Kier alpha value is -2.44. The van der Waals surface area contributed by atoms with E-state index in [1.54, 1.807) is 0 Å². The van der Waals surface area contributed by atoms with E-state index in [-0.39, 0.29) is 5.56 Å². The zero-order valence-corrected chi connectivity index (χ0v) is 10.3. The summed E-state index contributed by atoms with van der Waals surface area (Å²) < 4.78 is 64.0. The highest BCUT2D eigenvalue weighted by Gasteiger charge is 2.33. The van der Waals surface area contributed by atoms with E-state index in [2.05, 4.69) is 0 Å². The molecule has 7 heteroatoms. The van der Waals surface area contributed by atoms with E-state index in [0.717, 1.165) is 24.3 Å². The molecule has 0 spiro atoms. The summed E-state index contributed by atoms with van der Waals surface area (Å²) in [5.74, 6) is -3.38. The smallest absolute Gasteiger partial charge is 0.321 e. The van der Waals surface area contributed by atoms with Gasteiger partial charge in [0.05, 0.1) is 11.3 Å². The van der Waals surface area contributed by atoms with Crippen molar-refractivity contribution in [3.8, 4) is 0 Å². The molecule has 0 aliphatic carbocycles. The standard InChI is InChI=1S/C14H8F5NO/c15-10-6-5-8(7-11(10)16)13(21)20-12-4-2-1-3-9(12)14(17,18)19/h1-7H,(H,20,21). The van der Waals surface area contributed by atoms with Crippen molar-refractivity contribution in [2.24, 2.45) is 0 Å². The van der Waals surface area contributed by atoms with Crippen LogP contribution in [0, 0.1) is 11.6 Å². The first-order chi connectivity index (χ1) is 9.79. The number of carbonyl (C=O) groups is 1. The maximum atomic E-state index is 13.0. The summed E-state index contributed by atoms with van der Waals surface area (Å²) in [7, 11) is 0. The zero-order chi connectivity index (χ0) is 15.6. The number of nitrogens with one attached hydrogen (secondary N) is 1. The fourth-order valence-electron chi connectivity index (χ4n) is 1.67. The minimum absolute atomic E-state index is 0.286. The summed E-state index contributed by atoms with van der Waals surface area (Å²) in [5.41, 5.74) is -1.77. The highest BCUT2D eigenvalue weighted by molar-refractivity contribution is 6.04. The van der Waals surface area contributed by atoms with Crippen LogP contribution < -0.4 is 5.32 Å². The van der Waals surface area contributed by atoms with Crippen molar-refractivity contribution in [1.29, 1.82) is 0 Å². The molecule has 1 amide bonds. The molecule has 21 heavy (non-hydrogen) atoms. The molecular weight excluding hydrogens is 293 g/mol. The van der Waals surface area contributed by atoms with Crippen LogP contribution in [0.5, 0.6) is 0 Å². The third kappa shape index (κ3) is 3.36. The molecule has 0 heterocycles. The van der Waals surface area contributed by atoms with Gasteiger partial charge in [-0.05, 0) is 30.3 Å². The van der Waals surface area contributed by atoms with Crippen LogP contribution in [0.3, 0.4) is 0 Å². The normalized spacial score (nSPS) is 11.3. The number of hydrogen-bond donors (Lipinski definition) is 1. The average Bonchev–Trinajstić information content (AvgIpc) is 2.41. The molecule has 0 fully saturated rings. The van der Waals surface area contributed by atoms with Gasteiger partial charge in [-0.25, -0.2) is 8.78 Å². The van der Waals surface area contributed by atoms with Crippen LogP contribution >= 0.6 is 0 Å². The molecule has 0 radical (unpaired) electrons.